The Labute approximate surface area is 131 Å². The molecule has 1 N–H and O–H groups in total. The van der Waals surface area contributed by atoms with Gasteiger partial charge in [0.1, 0.15) is 0 Å². The van der Waals surface area contributed by atoms with Gasteiger partial charge in [0.25, 0.3) is 5.91 Å². The van der Waals surface area contributed by atoms with Crippen LogP contribution in [0.1, 0.15) is 29.6 Å². The number of nitrogens with one attached hydrogen (secondary N) is 1. The van der Waals surface area contributed by atoms with Crippen molar-refractivity contribution in [1.29, 1.82) is 0 Å². The van der Waals surface area contributed by atoms with Crippen molar-refractivity contribution in [3.05, 3.63) is 31.8 Å². The third kappa shape index (κ3) is 3.44. The lowest BCUT2D eigenvalue weighted by atomic mass is 10.2. The van der Waals surface area contributed by atoms with Crippen molar-refractivity contribution < 1.29 is 4.79 Å². The molecule has 0 saturated heterocycles. The molecule has 1 aliphatic carbocycles. The van der Waals surface area contributed by atoms with E-state index in [-0.39, 0.29) is 11.9 Å². The molecule has 0 heterocycles. The average molecular weight is 473 g/mol. The number of rotatable bonds is 2. The van der Waals surface area contributed by atoms with E-state index in [2.05, 4.69) is 59.8 Å². The van der Waals surface area contributed by atoms with Crippen LogP contribution in [0.15, 0.2) is 22.7 Å². The minimum atomic E-state index is 0.0204. The number of benzene rings is 1. The van der Waals surface area contributed by atoms with Crippen LogP contribution in [0.3, 0.4) is 0 Å². The minimum absolute atomic E-state index is 0.0204. The number of halogens is 3. The highest BCUT2D eigenvalue weighted by molar-refractivity contribution is 14.1. The van der Waals surface area contributed by atoms with Crippen LogP contribution in [-0.4, -0.2) is 16.8 Å². The summed E-state index contributed by atoms with van der Waals surface area (Å²) in [5.74, 6) is 0.0204. The normalized spacial score (nSPS) is 23.7. The number of carbonyl (C=O) groups excluding carboxylic acids is 1. The maximum Gasteiger partial charge on any atom is 0.252 e. The fraction of sp³-hybridized carbons (Fsp3) is 0.417. The van der Waals surface area contributed by atoms with Crippen LogP contribution >= 0.6 is 54.5 Å². The topological polar surface area (TPSA) is 29.1 Å². The van der Waals surface area contributed by atoms with E-state index in [1.807, 2.05) is 18.2 Å². The zero-order valence-corrected chi connectivity index (χ0v) is 14.4. The summed E-state index contributed by atoms with van der Waals surface area (Å²) in [4.78, 5) is 12.6. The van der Waals surface area contributed by atoms with Gasteiger partial charge in [-0.15, -0.1) is 0 Å². The molecule has 2 atom stereocenters. The molecule has 1 amide bonds. The van der Waals surface area contributed by atoms with Gasteiger partial charge < -0.3 is 5.32 Å². The Hall–Kier alpha value is 0.380. The van der Waals surface area contributed by atoms with Gasteiger partial charge in [-0.2, -0.15) is 0 Å². The lowest BCUT2D eigenvalue weighted by molar-refractivity contribution is 0.0938. The second-order valence-electron chi connectivity index (χ2n) is 4.15. The summed E-state index contributed by atoms with van der Waals surface area (Å²) in [7, 11) is 0. The Morgan fingerprint density at radius 2 is 2.18 bits per heavy atom. The van der Waals surface area contributed by atoms with Crippen molar-refractivity contribution in [1.82, 2.24) is 5.32 Å². The van der Waals surface area contributed by atoms with Crippen molar-refractivity contribution >= 4 is 60.4 Å². The molecule has 2 rings (SSSR count). The second-order valence-corrected chi connectivity index (χ2v) is 7.41. The van der Waals surface area contributed by atoms with Gasteiger partial charge in [0.05, 0.1) is 5.56 Å². The lowest BCUT2D eigenvalue weighted by Crippen LogP contribution is -2.38. The summed E-state index contributed by atoms with van der Waals surface area (Å²) in [5.41, 5.74) is 0.742. The molecule has 1 saturated carbocycles. The van der Waals surface area contributed by atoms with Gasteiger partial charge in [-0.1, -0.05) is 38.3 Å². The van der Waals surface area contributed by atoms with E-state index in [1.54, 1.807) is 0 Å². The average Bonchev–Trinajstić information content (AvgIpc) is 2.68. The van der Waals surface area contributed by atoms with Gasteiger partial charge in [0, 0.05) is 18.9 Å². The van der Waals surface area contributed by atoms with Gasteiger partial charge in [-0.25, -0.2) is 0 Å². The van der Waals surface area contributed by atoms with Crippen molar-refractivity contribution in [2.45, 2.75) is 30.1 Å². The van der Waals surface area contributed by atoms with Crippen LogP contribution in [0.4, 0.5) is 0 Å². The number of hydrogen-bond acceptors (Lipinski definition) is 1. The van der Waals surface area contributed by atoms with Gasteiger partial charge in [-0.3, -0.25) is 4.79 Å². The maximum absolute atomic E-state index is 12.2. The minimum Gasteiger partial charge on any atom is -0.348 e. The highest BCUT2D eigenvalue weighted by Crippen LogP contribution is 2.26. The quantitative estimate of drug-likeness (QED) is 0.509. The number of hydrogen-bond donors (Lipinski definition) is 1. The predicted molar refractivity (Wildman–Crippen MR) is 84.7 cm³/mol. The molecule has 2 nitrogen and oxygen atoms in total. The molecule has 2 unspecified atom stereocenters. The van der Waals surface area contributed by atoms with E-state index in [0.29, 0.717) is 4.83 Å². The fourth-order valence-electron chi connectivity index (χ4n) is 2.00. The summed E-state index contributed by atoms with van der Waals surface area (Å²) >= 11 is 9.20. The van der Waals surface area contributed by atoms with Crippen molar-refractivity contribution in [2.24, 2.45) is 0 Å². The number of alkyl halides is 1. The summed E-state index contributed by atoms with van der Waals surface area (Å²) < 4.78 is 1.91. The molecule has 1 aromatic carbocycles. The van der Waals surface area contributed by atoms with E-state index in [0.717, 1.165) is 26.4 Å². The van der Waals surface area contributed by atoms with Gasteiger partial charge >= 0.3 is 0 Å². The molecular weight excluding hydrogens is 461 g/mol. The molecule has 0 spiro atoms. The first-order valence-electron chi connectivity index (χ1n) is 5.48. The first-order valence-corrected chi connectivity index (χ1v) is 8.26. The van der Waals surface area contributed by atoms with Crippen molar-refractivity contribution in [3.63, 3.8) is 0 Å². The standard InChI is InChI=1S/C12H12Br2INO/c13-7-4-5-10(15)8(6-7)12(17)16-11-3-1-2-9(11)14/h4-6,9,11H,1-3H2,(H,16,17). The first-order chi connectivity index (χ1) is 8.08. The van der Waals surface area contributed by atoms with E-state index < -0.39 is 0 Å². The summed E-state index contributed by atoms with van der Waals surface area (Å²) in [6.45, 7) is 0. The lowest BCUT2D eigenvalue weighted by Gasteiger charge is -2.16. The highest BCUT2D eigenvalue weighted by atomic mass is 127. The van der Waals surface area contributed by atoms with Crippen LogP contribution in [0.25, 0.3) is 0 Å². The molecule has 17 heavy (non-hydrogen) atoms. The Bertz CT molecular complexity index is 439. The summed E-state index contributed by atoms with van der Waals surface area (Å²) in [6.07, 6.45) is 3.38. The van der Waals surface area contributed by atoms with Crippen molar-refractivity contribution in [3.8, 4) is 0 Å². The third-order valence-corrected chi connectivity index (χ3v) is 5.45. The molecule has 0 aliphatic heterocycles. The predicted octanol–water partition coefficient (Wildman–Crippen LogP) is 4.10. The van der Waals surface area contributed by atoms with Crippen LogP contribution in [0, 0.1) is 3.57 Å². The molecule has 5 heteroatoms. The fourth-order valence-corrected chi connectivity index (χ4v) is 3.66. The third-order valence-electron chi connectivity index (χ3n) is 2.92. The Morgan fingerprint density at radius 1 is 1.41 bits per heavy atom. The number of carbonyl (C=O) groups is 1. The van der Waals surface area contributed by atoms with Crippen LogP contribution < -0.4 is 5.32 Å². The smallest absolute Gasteiger partial charge is 0.252 e. The van der Waals surface area contributed by atoms with Crippen molar-refractivity contribution in [2.75, 3.05) is 0 Å². The van der Waals surface area contributed by atoms with E-state index in [4.69, 9.17) is 0 Å². The van der Waals surface area contributed by atoms with Gasteiger partial charge in [0.2, 0.25) is 0 Å². The molecule has 0 radical (unpaired) electrons. The largest absolute Gasteiger partial charge is 0.348 e. The molecular formula is C12H12Br2INO. The Balaban J connectivity index is 2.11. The van der Waals surface area contributed by atoms with E-state index in [1.165, 1.54) is 6.42 Å². The highest BCUT2D eigenvalue weighted by Gasteiger charge is 2.26. The number of amides is 1. The van der Waals surface area contributed by atoms with Gasteiger partial charge in [0.15, 0.2) is 0 Å². The van der Waals surface area contributed by atoms with Gasteiger partial charge in [-0.05, 0) is 53.6 Å². The van der Waals surface area contributed by atoms with Crippen LogP contribution in [0.2, 0.25) is 0 Å². The summed E-state index contributed by atoms with van der Waals surface area (Å²) in [5, 5.41) is 3.10. The Kier molecular flexibility index (Phi) is 4.88. The van der Waals surface area contributed by atoms with Crippen LogP contribution in [0.5, 0.6) is 0 Å². The zero-order valence-electron chi connectivity index (χ0n) is 9.05. The van der Waals surface area contributed by atoms with Crippen LogP contribution in [-0.2, 0) is 0 Å². The van der Waals surface area contributed by atoms with E-state index in [9.17, 15) is 4.79 Å². The first kappa shape index (κ1) is 13.8. The molecule has 92 valence electrons. The Morgan fingerprint density at radius 3 is 2.82 bits per heavy atom. The molecule has 1 aromatic rings. The maximum atomic E-state index is 12.2. The zero-order chi connectivity index (χ0) is 12.4. The second kappa shape index (κ2) is 6.02. The molecule has 1 aliphatic rings. The molecule has 0 bridgehead atoms. The monoisotopic (exact) mass is 471 g/mol. The SMILES string of the molecule is O=C(NC1CCCC1Br)c1cc(Br)ccc1I. The summed E-state index contributed by atoms with van der Waals surface area (Å²) in [6, 6.07) is 6.02. The van der Waals surface area contributed by atoms with E-state index >= 15 is 0 Å². The molecule has 0 aromatic heterocycles. The molecule has 1 fully saturated rings.